The molecule has 3 aromatic rings. The highest BCUT2D eigenvalue weighted by atomic mass is 35.5. The fraction of sp³-hybridized carbons (Fsp3) is 0.308. The first-order valence-corrected chi connectivity index (χ1v) is 12.3. The van der Waals surface area contributed by atoms with E-state index < -0.39 is 0 Å². The van der Waals surface area contributed by atoms with E-state index in [2.05, 4.69) is 11.4 Å². The van der Waals surface area contributed by atoms with Crippen molar-refractivity contribution in [1.29, 1.82) is 0 Å². The number of fused-ring (bicyclic) bond motifs is 1. The molecule has 2 amide bonds. The number of hydrogen-bond donors (Lipinski definition) is 0. The van der Waals surface area contributed by atoms with Crippen LogP contribution < -0.4 is 0 Å². The molecule has 32 heavy (non-hydrogen) atoms. The van der Waals surface area contributed by atoms with Crippen molar-refractivity contribution in [2.24, 2.45) is 0 Å². The van der Waals surface area contributed by atoms with E-state index in [9.17, 15) is 9.59 Å². The molecule has 0 radical (unpaired) electrons. The largest absolute Gasteiger partial charge is 0.330 e. The van der Waals surface area contributed by atoms with Crippen LogP contribution in [-0.2, 0) is 11.2 Å². The predicted octanol–water partition coefficient (Wildman–Crippen LogP) is 5.49. The average molecular weight is 465 g/mol. The SMILES string of the molecule is Cc1ccccc1C(=O)N(CC(=O)N1CCc2sccc2C1c1ccc(Cl)cc1)C1CC1. The molecule has 164 valence electrons. The van der Waals surface area contributed by atoms with Crippen LogP contribution in [0.4, 0.5) is 0 Å². The van der Waals surface area contributed by atoms with E-state index in [1.807, 2.05) is 60.4 Å². The summed E-state index contributed by atoms with van der Waals surface area (Å²) < 4.78 is 0. The molecule has 1 atom stereocenters. The average Bonchev–Trinajstić information content (AvgIpc) is 3.53. The van der Waals surface area contributed by atoms with Gasteiger partial charge in [-0.15, -0.1) is 11.3 Å². The summed E-state index contributed by atoms with van der Waals surface area (Å²) in [5, 5.41) is 2.77. The van der Waals surface area contributed by atoms with Gasteiger partial charge < -0.3 is 9.80 Å². The number of halogens is 1. The summed E-state index contributed by atoms with van der Waals surface area (Å²) >= 11 is 7.87. The molecule has 2 aromatic carbocycles. The molecule has 4 nitrogen and oxygen atoms in total. The first kappa shape index (κ1) is 21.2. The molecule has 1 fully saturated rings. The van der Waals surface area contributed by atoms with E-state index in [4.69, 9.17) is 11.6 Å². The molecule has 2 heterocycles. The highest BCUT2D eigenvalue weighted by Gasteiger charge is 2.38. The predicted molar refractivity (Wildman–Crippen MR) is 128 cm³/mol. The summed E-state index contributed by atoms with van der Waals surface area (Å²) in [6.45, 7) is 2.71. The molecule has 0 N–H and O–H groups in total. The third-order valence-electron chi connectivity index (χ3n) is 6.40. The third-order valence-corrected chi connectivity index (χ3v) is 7.65. The van der Waals surface area contributed by atoms with Crippen molar-refractivity contribution in [3.63, 3.8) is 0 Å². The van der Waals surface area contributed by atoms with Gasteiger partial charge in [-0.25, -0.2) is 0 Å². The number of nitrogens with zero attached hydrogens (tertiary/aromatic N) is 2. The van der Waals surface area contributed by atoms with Crippen LogP contribution >= 0.6 is 22.9 Å². The Labute approximate surface area is 197 Å². The Morgan fingerprint density at radius 3 is 2.56 bits per heavy atom. The molecule has 0 saturated heterocycles. The lowest BCUT2D eigenvalue weighted by molar-refractivity contribution is -0.134. The van der Waals surface area contributed by atoms with Crippen LogP contribution in [0, 0.1) is 6.92 Å². The number of hydrogen-bond acceptors (Lipinski definition) is 3. The summed E-state index contributed by atoms with van der Waals surface area (Å²) in [6, 6.07) is 17.5. The zero-order valence-electron chi connectivity index (χ0n) is 18.0. The van der Waals surface area contributed by atoms with E-state index in [0.717, 1.165) is 30.4 Å². The number of carbonyl (C=O) groups is 2. The van der Waals surface area contributed by atoms with Crippen LogP contribution in [0.3, 0.4) is 0 Å². The quantitative estimate of drug-likeness (QED) is 0.501. The third kappa shape index (κ3) is 4.07. The van der Waals surface area contributed by atoms with E-state index in [-0.39, 0.29) is 30.4 Å². The summed E-state index contributed by atoms with van der Waals surface area (Å²) in [6.07, 6.45) is 2.76. The maximum atomic E-state index is 13.7. The number of carbonyl (C=O) groups excluding carboxylic acids is 2. The molecule has 0 spiro atoms. The maximum absolute atomic E-state index is 13.7. The van der Waals surface area contributed by atoms with Gasteiger partial charge in [-0.05, 0) is 72.5 Å². The Hall–Kier alpha value is -2.63. The lowest BCUT2D eigenvalue weighted by atomic mass is 9.93. The van der Waals surface area contributed by atoms with Crippen molar-refractivity contribution in [3.05, 3.63) is 92.1 Å². The maximum Gasteiger partial charge on any atom is 0.254 e. The minimum Gasteiger partial charge on any atom is -0.330 e. The molecule has 0 bridgehead atoms. The zero-order chi connectivity index (χ0) is 22.2. The first-order chi connectivity index (χ1) is 15.5. The molecule has 1 aromatic heterocycles. The summed E-state index contributed by atoms with van der Waals surface area (Å²) in [4.78, 5) is 32.1. The Morgan fingerprint density at radius 1 is 1.09 bits per heavy atom. The molecule has 1 saturated carbocycles. The summed E-state index contributed by atoms with van der Waals surface area (Å²) in [5.41, 5.74) is 3.85. The molecule has 2 aliphatic rings. The lowest BCUT2D eigenvalue weighted by Crippen LogP contribution is -2.47. The van der Waals surface area contributed by atoms with Crippen molar-refractivity contribution < 1.29 is 9.59 Å². The molecule has 6 heteroatoms. The van der Waals surface area contributed by atoms with E-state index in [0.29, 0.717) is 17.1 Å². The Bertz CT molecular complexity index is 1150. The molecular formula is C26H25ClN2O2S. The van der Waals surface area contributed by atoms with Crippen LogP contribution in [0.15, 0.2) is 60.0 Å². The normalized spacial score (nSPS) is 17.7. The van der Waals surface area contributed by atoms with Crippen LogP contribution in [-0.4, -0.2) is 40.7 Å². The van der Waals surface area contributed by atoms with Crippen molar-refractivity contribution >= 4 is 34.8 Å². The Kier molecular flexibility index (Phi) is 5.78. The van der Waals surface area contributed by atoms with Gasteiger partial charge >= 0.3 is 0 Å². The summed E-state index contributed by atoms with van der Waals surface area (Å²) in [5.74, 6) is -0.0501. The number of aryl methyl sites for hydroxylation is 1. The Balaban J connectivity index is 1.43. The second-order valence-corrected chi connectivity index (χ2v) is 10.0. The van der Waals surface area contributed by atoms with Crippen LogP contribution in [0.5, 0.6) is 0 Å². The van der Waals surface area contributed by atoms with Gasteiger partial charge in [-0.3, -0.25) is 9.59 Å². The number of rotatable bonds is 5. The van der Waals surface area contributed by atoms with Crippen LogP contribution in [0.25, 0.3) is 0 Å². The Morgan fingerprint density at radius 2 is 1.84 bits per heavy atom. The molecule has 1 aliphatic heterocycles. The van der Waals surface area contributed by atoms with Crippen molar-refractivity contribution in [1.82, 2.24) is 9.80 Å². The highest BCUT2D eigenvalue weighted by molar-refractivity contribution is 7.10. The fourth-order valence-electron chi connectivity index (χ4n) is 4.55. The molecule has 5 rings (SSSR count). The number of thiophene rings is 1. The molecule has 1 aliphatic carbocycles. The second kappa shape index (κ2) is 8.72. The van der Waals surface area contributed by atoms with Crippen molar-refractivity contribution in [2.75, 3.05) is 13.1 Å². The van der Waals surface area contributed by atoms with Crippen molar-refractivity contribution in [2.45, 2.75) is 38.3 Å². The van der Waals surface area contributed by atoms with Gasteiger partial charge in [0.1, 0.15) is 6.54 Å². The monoisotopic (exact) mass is 464 g/mol. The van der Waals surface area contributed by atoms with Gasteiger partial charge in [0.2, 0.25) is 5.91 Å². The van der Waals surface area contributed by atoms with E-state index in [1.165, 1.54) is 10.4 Å². The van der Waals surface area contributed by atoms with E-state index >= 15 is 0 Å². The van der Waals surface area contributed by atoms with Crippen LogP contribution in [0.2, 0.25) is 5.02 Å². The molecular weight excluding hydrogens is 440 g/mol. The van der Waals surface area contributed by atoms with Gasteiger partial charge in [0.05, 0.1) is 6.04 Å². The standard InChI is InChI=1S/C26H25ClN2O2S/c1-17-4-2-3-5-21(17)26(31)29(20-10-11-20)16-24(30)28-14-12-23-22(13-15-32-23)25(28)18-6-8-19(27)9-7-18/h2-9,13,15,20,25H,10-12,14,16H2,1H3. The van der Waals surface area contributed by atoms with Gasteiger partial charge in [0.25, 0.3) is 5.91 Å². The first-order valence-electron chi connectivity index (χ1n) is 11.0. The van der Waals surface area contributed by atoms with Crippen LogP contribution in [0.1, 0.15) is 50.8 Å². The van der Waals surface area contributed by atoms with Crippen molar-refractivity contribution in [3.8, 4) is 0 Å². The van der Waals surface area contributed by atoms with Gasteiger partial charge in [0, 0.05) is 28.0 Å². The topological polar surface area (TPSA) is 40.6 Å². The fourth-order valence-corrected chi connectivity index (χ4v) is 5.58. The smallest absolute Gasteiger partial charge is 0.254 e. The summed E-state index contributed by atoms with van der Waals surface area (Å²) in [7, 11) is 0. The minimum atomic E-state index is -0.149. The minimum absolute atomic E-state index is 0.00404. The molecule has 1 unspecified atom stereocenters. The van der Waals surface area contributed by atoms with E-state index in [1.54, 1.807) is 16.2 Å². The van der Waals surface area contributed by atoms with Gasteiger partial charge in [-0.1, -0.05) is 41.9 Å². The lowest BCUT2D eigenvalue weighted by Gasteiger charge is -2.37. The van der Waals surface area contributed by atoms with Gasteiger partial charge in [0.15, 0.2) is 0 Å². The van der Waals surface area contributed by atoms with Gasteiger partial charge in [-0.2, -0.15) is 0 Å². The highest BCUT2D eigenvalue weighted by Crippen LogP contribution is 2.38. The zero-order valence-corrected chi connectivity index (χ0v) is 19.5. The second-order valence-electron chi connectivity index (χ2n) is 8.57. The number of amides is 2. The number of benzene rings is 2.